The van der Waals surface area contributed by atoms with E-state index in [0.29, 0.717) is 30.0 Å². The molecule has 0 spiro atoms. The molecule has 4 rings (SSSR count). The Labute approximate surface area is 171 Å². The molecule has 1 aromatic carbocycles. The van der Waals surface area contributed by atoms with Crippen LogP contribution in [0.4, 0.5) is 9.80 Å². The molecule has 0 saturated heterocycles. The van der Waals surface area contributed by atoms with Gasteiger partial charge in [-0.1, -0.05) is 12.1 Å². The third kappa shape index (κ3) is 4.04. The number of amides is 3. The van der Waals surface area contributed by atoms with Gasteiger partial charge in [0.05, 0.1) is 18.2 Å². The number of benzene rings is 1. The van der Waals surface area contributed by atoms with Gasteiger partial charge in [-0.25, -0.2) is 4.79 Å². The zero-order valence-electron chi connectivity index (χ0n) is 15.9. The van der Waals surface area contributed by atoms with E-state index in [4.69, 9.17) is 0 Å². The number of rotatable bonds is 4. The number of carbonyl (C=O) groups is 4. The van der Waals surface area contributed by atoms with Crippen LogP contribution in [0.3, 0.4) is 0 Å². The summed E-state index contributed by atoms with van der Waals surface area (Å²) in [6, 6.07) is 6.38. The molecular weight excluding hydrogens is 392 g/mol. The summed E-state index contributed by atoms with van der Waals surface area (Å²) in [7, 11) is 0. The van der Waals surface area contributed by atoms with Gasteiger partial charge in [0.1, 0.15) is 10.8 Å². The predicted octanol–water partition coefficient (Wildman–Crippen LogP) is 2.42. The Balaban J connectivity index is 1.39. The first-order valence-electron chi connectivity index (χ1n) is 9.36. The molecule has 1 fully saturated rings. The van der Waals surface area contributed by atoms with Crippen LogP contribution in [0.2, 0.25) is 0 Å². The van der Waals surface area contributed by atoms with Crippen molar-refractivity contribution in [2.24, 2.45) is 0 Å². The number of fused-ring (bicyclic) bond motifs is 1. The second-order valence-electron chi connectivity index (χ2n) is 7.30. The van der Waals surface area contributed by atoms with Crippen molar-refractivity contribution in [2.45, 2.75) is 45.3 Å². The predicted molar refractivity (Wildman–Crippen MR) is 107 cm³/mol. The lowest BCUT2D eigenvalue weighted by Gasteiger charge is -2.29. The Morgan fingerprint density at radius 2 is 2.10 bits per heavy atom. The van der Waals surface area contributed by atoms with Crippen molar-refractivity contribution < 1.29 is 19.2 Å². The molecule has 29 heavy (non-hydrogen) atoms. The molecule has 9 heteroatoms. The largest absolute Gasteiger partial charge is 0.334 e. The number of ketones is 2. The standard InChI is InChI=1S/C20H20N4O4S/c1-11-6-18(29-23-11)22-20(28)21-9-12-2-3-13-10-24(19(27)15(13)7-12)16-5-4-14(25)8-17(16)26/h2-3,6-7,16H,4-5,8-10H2,1H3,(H2,21,22,28). The maximum atomic E-state index is 12.8. The summed E-state index contributed by atoms with van der Waals surface area (Å²) in [4.78, 5) is 50.1. The van der Waals surface area contributed by atoms with Crippen LogP contribution in [0.15, 0.2) is 24.3 Å². The first kappa shape index (κ1) is 19.3. The molecule has 2 N–H and O–H groups in total. The Morgan fingerprint density at radius 1 is 1.28 bits per heavy atom. The molecule has 1 aromatic heterocycles. The Bertz CT molecular complexity index is 1020. The zero-order valence-corrected chi connectivity index (χ0v) is 16.7. The van der Waals surface area contributed by atoms with Crippen molar-refractivity contribution in [2.75, 3.05) is 5.32 Å². The van der Waals surface area contributed by atoms with Crippen molar-refractivity contribution >= 4 is 40.0 Å². The fourth-order valence-corrected chi connectivity index (χ4v) is 4.34. The number of Topliss-reactive ketones (excluding diaryl/α,β-unsaturated/α-hetero) is 2. The molecule has 2 heterocycles. The number of anilines is 1. The highest BCUT2D eigenvalue weighted by atomic mass is 32.1. The van der Waals surface area contributed by atoms with Crippen molar-refractivity contribution in [3.63, 3.8) is 0 Å². The first-order valence-corrected chi connectivity index (χ1v) is 10.1. The molecule has 1 aliphatic carbocycles. The Kier molecular flexibility index (Phi) is 5.14. The number of aromatic nitrogens is 1. The molecule has 150 valence electrons. The van der Waals surface area contributed by atoms with Gasteiger partial charge < -0.3 is 10.2 Å². The number of urea groups is 1. The third-order valence-corrected chi connectivity index (χ3v) is 5.94. The van der Waals surface area contributed by atoms with E-state index < -0.39 is 6.04 Å². The smallest absolute Gasteiger partial charge is 0.320 e. The third-order valence-electron chi connectivity index (χ3n) is 5.14. The molecule has 1 saturated carbocycles. The van der Waals surface area contributed by atoms with E-state index in [2.05, 4.69) is 15.0 Å². The summed E-state index contributed by atoms with van der Waals surface area (Å²) >= 11 is 1.21. The molecule has 2 aliphatic rings. The topological polar surface area (TPSA) is 108 Å². The molecular formula is C20H20N4O4S. The van der Waals surface area contributed by atoms with Gasteiger partial charge in [0.15, 0.2) is 5.78 Å². The van der Waals surface area contributed by atoms with E-state index in [0.717, 1.165) is 16.8 Å². The van der Waals surface area contributed by atoms with Crippen molar-refractivity contribution in [3.05, 3.63) is 46.6 Å². The summed E-state index contributed by atoms with van der Waals surface area (Å²) in [6.07, 6.45) is 0.636. The van der Waals surface area contributed by atoms with Gasteiger partial charge in [0.25, 0.3) is 5.91 Å². The zero-order chi connectivity index (χ0) is 20.5. The van der Waals surface area contributed by atoms with E-state index in [-0.39, 0.29) is 36.5 Å². The highest BCUT2D eigenvalue weighted by Crippen LogP contribution is 2.29. The number of aryl methyl sites for hydroxylation is 1. The lowest BCUT2D eigenvalue weighted by atomic mass is 9.92. The summed E-state index contributed by atoms with van der Waals surface area (Å²) in [5, 5.41) is 6.14. The SMILES string of the molecule is Cc1cc(NC(=O)NCc2ccc3c(c2)C(=O)N(C2CCC(=O)CC2=O)C3)sn1. The van der Waals surface area contributed by atoms with Crippen LogP contribution >= 0.6 is 11.5 Å². The van der Waals surface area contributed by atoms with Gasteiger partial charge in [-0.15, -0.1) is 0 Å². The average Bonchev–Trinajstić information content (AvgIpc) is 3.23. The molecule has 1 aliphatic heterocycles. The highest BCUT2D eigenvalue weighted by Gasteiger charge is 2.38. The fraction of sp³-hybridized carbons (Fsp3) is 0.350. The van der Waals surface area contributed by atoms with Gasteiger partial charge in [-0.2, -0.15) is 4.37 Å². The quantitative estimate of drug-likeness (QED) is 0.750. The second-order valence-corrected chi connectivity index (χ2v) is 8.11. The van der Waals surface area contributed by atoms with E-state index >= 15 is 0 Å². The van der Waals surface area contributed by atoms with Crippen LogP contribution in [-0.4, -0.2) is 38.8 Å². The van der Waals surface area contributed by atoms with E-state index in [1.165, 1.54) is 11.5 Å². The number of carbonyl (C=O) groups excluding carboxylic acids is 4. The van der Waals surface area contributed by atoms with Crippen LogP contribution in [0, 0.1) is 6.92 Å². The number of nitrogens with one attached hydrogen (secondary N) is 2. The van der Waals surface area contributed by atoms with Gasteiger partial charge in [-0.05, 0) is 48.1 Å². The molecule has 3 amide bonds. The van der Waals surface area contributed by atoms with Crippen LogP contribution < -0.4 is 10.6 Å². The van der Waals surface area contributed by atoms with Gasteiger partial charge in [-0.3, -0.25) is 19.7 Å². The Hall–Kier alpha value is -3.07. The number of nitrogens with zero attached hydrogens (tertiary/aromatic N) is 2. The Morgan fingerprint density at radius 3 is 2.83 bits per heavy atom. The first-order chi connectivity index (χ1) is 13.9. The summed E-state index contributed by atoms with van der Waals surface area (Å²) in [5.41, 5.74) is 3.04. The molecule has 2 aromatic rings. The van der Waals surface area contributed by atoms with Crippen molar-refractivity contribution in [1.82, 2.24) is 14.6 Å². The lowest BCUT2D eigenvalue weighted by molar-refractivity contribution is -0.133. The van der Waals surface area contributed by atoms with Gasteiger partial charge >= 0.3 is 6.03 Å². The minimum atomic E-state index is -0.525. The van der Waals surface area contributed by atoms with Crippen LogP contribution in [0.25, 0.3) is 0 Å². The molecule has 1 unspecified atom stereocenters. The van der Waals surface area contributed by atoms with Crippen molar-refractivity contribution in [1.29, 1.82) is 0 Å². The fourth-order valence-electron chi connectivity index (χ4n) is 3.68. The van der Waals surface area contributed by atoms with Gasteiger partial charge in [0, 0.05) is 25.1 Å². The van der Waals surface area contributed by atoms with Crippen LogP contribution in [0.5, 0.6) is 0 Å². The lowest BCUT2D eigenvalue weighted by Crippen LogP contribution is -2.44. The van der Waals surface area contributed by atoms with Crippen LogP contribution in [-0.2, 0) is 22.7 Å². The minimum absolute atomic E-state index is 0.0597. The highest BCUT2D eigenvalue weighted by molar-refractivity contribution is 7.10. The van der Waals surface area contributed by atoms with E-state index in [9.17, 15) is 19.2 Å². The molecule has 0 bridgehead atoms. The summed E-state index contributed by atoms with van der Waals surface area (Å²) in [6.45, 7) is 2.49. The van der Waals surface area contributed by atoms with E-state index in [1.54, 1.807) is 17.0 Å². The molecule has 8 nitrogen and oxygen atoms in total. The average molecular weight is 412 g/mol. The second kappa shape index (κ2) is 7.75. The molecule has 1 atom stereocenters. The van der Waals surface area contributed by atoms with Gasteiger partial charge in [0.2, 0.25) is 0 Å². The summed E-state index contributed by atoms with van der Waals surface area (Å²) in [5.74, 6) is -0.436. The number of hydrogen-bond donors (Lipinski definition) is 2. The molecule has 0 radical (unpaired) electrons. The number of hydrogen-bond acceptors (Lipinski definition) is 6. The maximum Gasteiger partial charge on any atom is 0.320 e. The normalized spacial score (nSPS) is 18.7. The summed E-state index contributed by atoms with van der Waals surface area (Å²) < 4.78 is 4.11. The van der Waals surface area contributed by atoms with Crippen LogP contribution in [0.1, 0.15) is 46.4 Å². The monoisotopic (exact) mass is 412 g/mol. The minimum Gasteiger partial charge on any atom is -0.334 e. The van der Waals surface area contributed by atoms with Crippen molar-refractivity contribution in [3.8, 4) is 0 Å². The van der Waals surface area contributed by atoms with E-state index in [1.807, 2.05) is 19.1 Å². The maximum absolute atomic E-state index is 12.8.